The van der Waals surface area contributed by atoms with Gasteiger partial charge in [-0.2, -0.15) is 0 Å². The number of carboxylic acids is 1. The summed E-state index contributed by atoms with van der Waals surface area (Å²) in [6, 6.07) is 12.7. The fraction of sp³-hybridized carbons (Fsp3) is 0.440. The Balaban J connectivity index is 1.37. The Labute approximate surface area is 199 Å². The molecule has 2 aliphatic carbocycles. The molecule has 2 N–H and O–H groups in total. The van der Waals surface area contributed by atoms with Crippen molar-refractivity contribution in [2.45, 2.75) is 33.1 Å². The molecule has 182 valence electrons. The Morgan fingerprint density at radius 3 is 2.38 bits per heavy atom. The molecule has 4 rings (SSSR count). The van der Waals surface area contributed by atoms with Crippen LogP contribution in [-0.2, 0) is 14.8 Å². The first-order chi connectivity index (χ1) is 16.0. The molecule has 2 atom stereocenters. The van der Waals surface area contributed by atoms with Gasteiger partial charge >= 0.3 is 5.97 Å². The van der Waals surface area contributed by atoms with E-state index in [9.17, 15) is 18.0 Å². The number of ether oxygens (including phenoxy) is 2. The van der Waals surface area contributed by atoms with Crippen molar-refractivity contribution in [1.29, 1.82) is 0 Å². The number of fused-ring (bicyclic) bond motifs is 2. The molecule has 0 aromatic heterocycles. The number of ketones is 1. The maximum atomic E-state index is 13.1. The molecule has 0 amide bonds. The van der Waals surface area contributed by atoms with E-state index in [1.165, 1.54) is 12.1 Å². The van der Waals surface area contributed by atoms with E-state index < -0.39 is 21.4 Å². The van der Waals surface area contributed by atoms with E-state index in [1.807, 2.05) is 13.8 Å². The van der Waals surface area contributed by atoms with Crippen LogP contribution in [0.4, 0.5) is 5.69 Å². The number of nitrogens with one attached hydrogen (secondary N) is 1. The number of hydrogen-bond donors (Lipinski definition) is 2. The van der Waals surface area contributed by atoms with Crippen LogP contribution in [0, 0.1) is 16.7 Å². The van der Waals surface area contributed by atoms with Crippen LogP contribution in [-0.4, -0.2) is 44.2 Å². The van der Waals surface area contributed by atoms with Gasteiger partial charge in [0.15, 0.2) is 0 Å². The van der Waals surface area contributed by atoms with Crippen LogP contribution in [0.25, 0.3) is 0 Å². The van der Waals surface area contributed by atoms with Crippen molar-refractivity contribution < 1.29 is 32.6 Å². The van der Waals surface area contributed by atoms with Gasteiger partial charge in [0.25, 0.3) is 0 Å². The predicted molar refractivity (Wildman–Crippen MR) is 127 cm³/mol. The summed E-state index contributed by atoms with van der Waals surface area (Å²) in [6.07, 6.45) is 1.95. The van der Waals surface area contributed by atoms with Gasteiger partial charge < -0.3 is 14.6 Å². The summed E-state index contributed by atoms with van der Waals surface area (Å²) in [6.45, 7) is 4.35. The topological polar surface area (TPSA) is 119 Å². The lowest BCUT2D eigenvalue weighted by molar-refractivity contribution is -0.128. The molecule has 2 aliphatic rings. The van der Waals surface area contributed by atoms with Crippen LogP contribution < -0.4 is 14.2 Å². The summed E-state index contributed by atoms with van der Waals surface area (Å²) in [7, 11) is -3.80. The SMILES string of the molecule is CC1(C)C2CCC1(CS(=O)(=O)Nc1ccccc1OCCOc1ccc(C(=O)O)cc1)C(=O)C2. The van der Waals surface area contributed by atoms with Gasteiger partial charge in [-0.3, -0.25) is 9.52 Å². The zero-order chi connectivity index (χ0) is 24.6. The second kappa shape index (κ2) is 8.94. The number of rotatable bonds is 10. The predicted octanol–water partition coefficient (Wildman–Crippen LogP) is 3.98. The minimum absolute atomic E-state index is 0.0530. The zero-order valence-corrected chi connectivity index (χ0v) is 20.1. The van der Waals surface area contributed by atoms with Gasteiger partial charge in [-0.15, -0.1) is 0 Å². The third-order valence-corrected chi connectivity index (χ3v) is 8.84. The minimum atomic E-state index is -3.80. The Bertz CT molecular complexity index is 1190. The van der Waals surface area contributed by atoms with Gasteiger partial charge in [0.1, 0.15) is 30.5 Å². The quantitative estimate of drug-likeness (QED) is 0.487. The van der Waals surface area contributed by atoms with Gasteiger partial charge in [0.05, 0.1) is 22.4 Å². The molecule has 0 aliphatic heterocycles. The molecule has 9 heteroatoms. The van der Waals surface area contributed by atoms with Crippen LogP contribution >= 0.6 is 0 Å². The largest absolute Gasteiger partial charge is 0.490 e. The van der Waals surface area contributed by atoms with E-state index in [4.69, 9.17) is 14.6 Å². The Kier molecular flexibility index (Phi) is 6.33. The van der Waals surface area contributed by atoms with E-state index in [1.54, 1.807) is 36.4 Å². The molecule has 2 unspecified atom stereocenters. The molecular formula is C25H29NO7S. The molecule has 2 saturated carbocycles. The first kappa shape index (κ1) is 24.1. The molecular weight excluding hydrogens is 458 g/mol. The van der Waals surface area contributed by atoms with E-state index in [-0.39, 0.29) is 41.6 Å². The fourth-order valence-electron chi connectivity index (χ4n) is 5.32. The van der Waals surface area contributed by atoms with Crippen LogP contribution in [0.1, 0.15) is 43.5 Å². The second-order valence-electron chi connectivity index (χ2n) is 9.55. The third-order valence-electron chi connectivity index (χ3n) is 7.44. The minimum Gasteiger partial charge on any atom is -0.490 e. The molecule has 34 heavy (non-hydrogen) atoms. The van der Waals surface area contributed by atoms with Crippen molar-refractivity contribution in [2.75, 3.05) is 23.7 Å². The number of anilines is 1. The lowest BCUT2D eigenvalue weighted by Gasteiger charge is -2.36. The maximum Gasteiger partial charge on any atom is 0.335 e. The van der Waals surface area contributed by atoms with Crippen LogP contribution in [0.2, 0.25) is 0 Å². The zero-order valence-electron chi connectivity index (χ0n) is 19.2. The normalized spacial score (nSPS) is 23.0. The summed E-state index contributed by atoms with van der Waals surface area (Å²) >= 11 is 0. The summed E-state index contributed by atoms with van der Waals surface area (Å²) in [5.41, 5.74) is -0.708. The van der Waals surface area contributed by atoms with Gasteiger partial charge in [-0.05, 0) is 60.6 Å². The molecule has 2 aromatic rings. The lowest BCUT2D eigenvalue weighted by Crippen LogP contribution is -2.43. The van der Waals surface area contributed by atoms with E-state index in [0.29, 0.717) is 30.0 Å². The first-order valence-electron chi connectivity index (χ1n) is 11.3. The molecule has 0 saturated heterocycles. The van der Waals surface area contributed by atoms with Gasteiger partial charge in [-0.25, -0.2) is 13.2 Å². The molecule has 0 heterocycles. The smallest absolute Gasteiger partial charge is 0.335 e. The number of para-hydroxylation sites is 2. The summed E-state index contributed by atoms with van der Waals surface area (Å²) in [4.78, 5) is 23.7. The number of carbonyl (C=O) groups excluding carboxylic acids is 1. The summed E-state index contributed by atoms with van der Waals surface area (Å²) in [5, 5.41) is 8.94. The number of hydrogen-bond acceptors (Lipinski definition) is 6. The van der Waals surface area contributed by atoms with E-state index in [2.05, 4.69) is 4.72 Å². The van der Waals surface area contributed by atoms with Crippen molar-refractivity contribution in [2.24, 2.45) is 16.7 Å². The third kappa shape index (κ3) is 4.49. The van der Waals surface area contributed by atoms with Crippen molar-refractivity contribution in [1.82, 2.24) is 0 Å². The van der Waals surface area contributed by atoms with Crippen molar-refractivity contribution in [3.8, 4) is 11.5 Å². The Hall–Kier alpha value is -3.07. The molecule has 2 bridgehead atoms. The average Bonchev–Trinajstić information content (AvgIpc) is 3.12. The number of Topliss-reactive ketones (excluding diaryl/α,β-unsaturated/α-hetero) is 1. The number of carboxylic acid groups (broad SMARTS) is 1. The standard InChI is InChI=1S/C25H29NO7S/c1-24(2)18-11-12-25(24,22(27)15-18)16-34(30,31)26-20-5-3-4-6-21(20)33-14-13-32-19-9-7-17(8-10-19)23(28)29/h3-10,18,26H,11-16H2,1-2H3,(H,28,29). The summed E-state index contributed by atoms with van der Waals surface area (Å²) < 4.78 is 40.2. The Morgan fingerprint density at radius 1 is 1.09 bits per heavy atom. The second-order valence-corrected chi connectivity index (χ2v) is 11.3. The number of sulfonamides is 1. The van der Waals surface area contributed by atoms with Crippen molar-refractivity contribution >= 4 is 27.5 Å². The van der Waals surface area contributed by atoms with Crippen molar-refractivity contribution in [3.05, 3.63) is 54.1 Å². The summed E-state index contributed by atoms with van der Waals surface area (Å²) in [5.74, 6) is -0.0904. The monoisotopic (exact) mass is 487 g/mol. The first-order valence-corrected chi connectivity index (χ1v) is 12.9. The van der Waals surface area contributed by atoms with Crippen LogP contribution in [0.15, 0.2) is 48.5 Å². The highest BCUT2D eigenvalue weighted by atomic mass is 32.2. The fourth-order valence-corrected chi connectivity index (χ4v) is 7.22. The van der Waals surface area contributed by atoms with Crippen LogP contribution in [0.5, 0.6) is 11.5 Å². The molecule has 0 spiro atoms. The number of benzene rings is 2. The number of carbonyl (C=O) groups is 2. The van der Waals surface area contributed by atoms with Gasteiger partial charge in [0.2, 0.25) is 10.0 Å². The van der Waals surface area contributed by atoms with E-state index >= 15 is 0 Å². The van der Waals surface area contributed by atoms with E-state index in [0.717, 1.165) is 6.42 Å². The highest BCUT2D eigenvalue weighted by Gasteiger charge is 2.65. The molecule has 0 radical (unpaired) electrons. The van der Waals surface area contributed by atoms with Crippen molar-refractivity contribution in [3.63, 3.8) is 0 Å². The molecule has 8 nitrogen and oxygen atoms in total. The van der Waals surface area contributed by atoms with Crippen LogP contribution in [0.3, 0.4) is 0 Å². The molecule has 2 fully saturated rings. The average molecular weight is 488 g/mol. The number of aromatic carboxylic acids is 1. The Morgan fingerprint density at radius 2 is 1.76 bits per heavy atom. The van der Waals surface area contributed by atoms with Gasteiger partial charge in [0, 0.05) is 6.42 Å². The lowest BCUT2D eigenvalue weighted by atomic mass is 9.70. The highest BCUT2D eigenvalue weighted by molar-refractivity contribution is 7.92. The highest BCUT2D eigenvalue weighted by Crippen LogP contribution is 2.64. The van der Waals surface area contributed by atoms with Gasteiger partial charge in [-0.1, -0.05) is 26.0 Å². The maximum absolute atomic E-state index is 13.1. The molecule has 2 aromatic carbocycles.